The number of carbonyl (C=O) groups excluding carboxylic acids is 2. The van der Waals surface area contributed by atoms with Crippen LogP contribution in [-0.2, 0) is 4.79 Å². The number of benzene rings is 4. The third-order valence-corrected chi connectivity index (χ3v) is 6.32. The van der Waals surface area contributed by atoms with Crippen LogP contribution in [0.4, 0.5) is 0 Å². The third kappa shape index (κ3) is 3.28. The van der Waals surface area contributed by atoms with Crippen LogP contribution >= 0.6 is 0 Å². The Morgan fingerprint density at radius 2 is 1.63 bits per heavy atom. The molecule has 0 radical (unpaired) electrons. The van der Waals surface area contributed by atoms with Gasteiger partial charge in [0.05, 0.1) is 23.4 Å². The summed E-state index contributed by atoms with van der Waals surface area (Å²) in [6.07, 6.45) is 0. The molecule has 0 N–H and O–H groups in total. The van der Waals surface area contributed by atoms with E-state index in [-0.39, 0.29) is 5.78 Å². The van der Waals surface area contributed by atoms with Crippen molar-refractivity contribution in [1.82, 2.24) is 4.98 Å². The first kappa shape index (κ1) is 21.1. The normalized spacial score (nSPS) is 12.0. The van der Waals surface area contributed by atoms with Crippen LogP contribution in [0, 0.1) is 0 Å². The molecule has 0 spiro atoms. The predicted octanol–water partition coefficient (Wildman–Crippen LogP) is 6.59. The standard InChI is InChI=1S/C30H21NO4/c1-3-34-25-16-19(13-15-24(25)35-17(2)32)26-27-20-9-5-4-8-18(20)12-14-23(27)31-29-21-10-6-7-11-22(21)30(33)28(26)29/h4-16H,3H2,1-2H3. The van der Waals surface area contributed by atoms with Gasteiger partial charge in [-0.05, 0) is 41.5 Å². The predicted molar refractivity (Wildman–Crippen MR) is 136 cm³/mol. The maximum atomic E-state index is 13.7. The third-order valence-electron chi connectivity index (χ3n) is 6.32. The smallest absolute Gasteiger partial charge is 0.308 e. The number of carbonyl (C=O) groups is 2. The van der Waals surface area contributed by atoms with E-state index in [1.807, 2.05) is 61.5 Å². The Hall–Kier alpha value is -4.51. The highest BCUT2D eigenvalue weighted by molar-refractivity contribution is 6.29. The summed E-state index contributed by atoms with van der Waals surface area (Å²) >= 11 is 0. The summed E-state index contributed by atoms with van der Waals surface area (Å²) in [7, 11) is 0. The van der Waals surface area contributed by atoms with E-state index in [1.165, 1.54) is 6.92 Å². The second-order valence-corrected chi connectivity index (χ2v) is 8.45. The average molecular weight is 460 g/mol. The van der Waals surface area contributed by atoms with Gasteiger partial charge in [0.1, 0.15) is 0 Å². The SMILES string of the molecule is CCOc1cc(-c2c3c(nc4ccc5ccccc5c24)-c2ccccc2C3=O)ccc1OC(C)=O. The van der Waals surface area contributed by atoms with Crippen LogP contribution in [0.25, 0.3) is 44.1 Å². The number of pyridine rings is 1. The molecule has 170 valence electrons. The van der Waals surface area contributed by atoms with Crippen LogP contribution in [0.1, 0.15) is 29.8 Å². The molecule has 1 aliphatic rings. The Balaban J connectivity index is 1.74. The van der Waals surface area contributed by atoms with Gasteiger partial charge < -0.3 is 9.47 Å². The Morgan fingerprint density at radius 1 is 0.857 bits per heavy atom. The summed E-state index contributed by atoms with van der Waals surface area (Å²) in [5.41, 5.74) is 5.17. The second kappa shape index (κ2) is 8.06. The highest BCUT2D eigenvalue weighted by Gasteiger charge is 2.33. The number of ketones is 1. The molecule has 0 saturated heterocycles. The molecule has 0 atom stereocenters. The van der Waals surface area contributed by atoms with Crippen LogP contribution < -0.4 is 9.47 Å². The number of hydrogen-bond acceptors (Lipinski definition) is 5. The summed E-state index contributed by atoms with van der Waals surface area (Å²) < 4.78 is 11.2. The summed E-state index contributed by atoms with van der Waals surface area (Å²) in [6.45, 7) is 3.63. The van der Waals surface area contributed by atoms with Crippen LogP contribution in [0.15, 0.2) is 78.9 Å². The van der Waals surface area contributed by atoms with Crippen molar-refractivity contribution in [3.63, 3.8) is 0 Å². The summed E-state index contributed by atoms with van der Waals surface area (Å²) in [5, 5.41) is 2.99. The lowest BCUT2D eigenvalue weighted by molar-refractivity contribution is -0.132. The van der Waals surface area contributed by atoms with Crippen LogP contribution in [0.2, 0.25) is 0 Å². The first-order valence-corrected chi connectivity index (χ1v) is 11.5. The lowest BCUT2D eigenvalue weighted by Crippen LogP contribution is -2.05. The zero-order valence-corrected chi connectivity index (χ0v) is 19.3. The largest absolute Gasteiger partial charge is 0.490 e. The first-order valence-electron chi connectivity index (χ1n) is 11.5. The van der Waals surface area contributed by atoms with Crippen LogP contribution in [0.5, 0.6) is 11.5 Å². The molecule has 0 unspecified atom stereocenters. The van der Waals surface area contributed by atoms with Gasteiger partial charge in [-0.1, -0.05) is 60.7 Å². The maximum absolute atomic E-state index is 13.7. The Morgan fingerprint density at radius 3 is 2.43 bits per heavy atom. The fourth-order valence-electron chi connectivity index (χ4n) is 4.93. The highest BCUT2D eigenvalue weighted by Crippen LogP contribution is 2.46. The van der Waals surface area contributed by atoms with Gasteiger partial charge in [0, 0.05) is 29.0 Å². The first-order chi connectivity index (χ1) is 17.1. The Kier molecular flexibility index (Phi) is 4.85. The molecule has 5 nitrogen and oxygen atoms in total. The number of fused-ring (bicyclic) bond motifs is 6. The lowest BCUT2D eigenvalue weighted by atomic mass is 9.90. The second-order valence-electron chi connectivity index (χ2n) is 8.45. The van der Waals surface area contributed by atoms with Crippen molar-refractivity contribution in [1.29, 1.82) is 0 Å². The molecule has 1 aromatic heterocycles. The minimum absolute atomic E-state index is 0.0463. The van der Waals surface area contributed by atoms with Gasteiger partial charge in [0.25, 0.3) is 0 Å². The van der Waals surface area contributed by atoms with Crippen molar-refractivity contribution in [3.8, 4) is 33.9 Å². The van der Waals surface area contributed by atoms with Gasteiger partial charge in [0.2, 0.25) is 0 Å². The zero-order chi connectivity index (χ0) is 24.1. The summed E-state index contributed by atoms with van der Waals surface area (Å²) in [6, 6.07) is 25.2. The van der Waals surface area contributed by atoms with Crippen LogP contribution in [0.3, 0.4) is 0 Å². The molecule has 0 saturated carbocycles. The van der Waals surface area contributed by atoms with Gasteiger partial charge in [-0.15, -0.1) is 0 Å². The van der Waals surface area contributed by atoms with Crippen molar-refractivity contribution in [2.45, 2.75) is 13.8 Å². The quantitative estimate of drug-likeness (QED) is 0.169. The number of esters is 1. The summed E-state index contributed by atoms with van der Waals surface area (Å²) in [5.74, 6) is 0.320. The van der Waals surface area contributed by atoms with E-state index in [4.69, 9.17) is 14.5 Å². The lowest BCUT2D eigenvalue weighted by Gasteiger charge is -2.17. The number of nitrogens with zero attached hydrogens (tertiary/aromatic N) is 1. The molecule has 0 fully saturated rings. The van der Waals surface area contributed by atoms with Gasteiger partial charge >= 0.3 is 5.97 Å². The Bertz CT molecular complexity index is 1690. The Labute approximate surface area is 201 Å². The molecule has 4 aromatic carbocycles. The molecule has 0 amide bonds. The molecule has 1 aliphatic carbocycles. The molecule has 1 heterocycles. The van der Waals surface area contributed by atoms with Gasteiger partial charge in [-0.25, -0.2) is 4.98 Å². The molecular weight excluding hydrogens is 438 g/mol. The van der Waals surface area contributed by atoms with Crippen molar-refractivity contribution in [2.24, 2.45) is 0 Å². The van der Waals surface area contributed by atoms with Crippen molar-refractivity contribution in [3.05, 3.63) is 90.0 Å². The number of ether oxygens (including phenoxy) is 2. The van der Waals surface area contributed by atoms with Gasteiger partial charge in [-0.3, -0.25) is 9.59 Å². The van der Waals surface area contributed by atoms with Crippen LogP contribution in [-0.4, -0.2) is 23.3 Å². The van der Waals surface area contributed by atoms with E-state index >= 15 is 0 Å². The van der Waals surface area contributed by atoms with Crippen molar-refractivity contribution >= 4 is 33.4 Å². The molecule has 35 heavy (non-hydrogen) atoms. The molecule has 6 rings (SSSR count). The van der Waals surface area contributed by atoms with Crippen molar-refractivity contribution < 1.29 is 19.1 Å². The van der Waals surface area contributed by atoms with E-state index in [0.29, 0.717) is 34.9 Å². The summed E-state index contributed by atoms with van der Waals surface area (Å²) in [4.78, 5) is 30.4. The number of hydrogen-bond donors (Lipinski definition) is 0. The molecular formula is C30H21NO4. The maximum Gasteiger partial charge on any atom is 0.308 e. The monoisotopic (exact) mass is 459 g/mol. The van der Waals surface area contributed by atoms with E-state index < -0.39 is 5.97 Å². The minimum atomic E-state index is -0.425. The molecule has 5 heteroatoms. The fourth-order valence-corrected chi connectivity index (χ4v) is 4.93. The molecule has 0 aliphatic heterocycles. The van der Waals surface area contributed by atoms with Crippen molar-refractivity contribution in [2.75, 3.05) is 6.61 Å². The molecule has 0 bridgehead atoms. The van der Waals surface area contributed by atoms with E-state index in [2.05, 4.69) is 18.2 Å². The van der Waals surface area contributed by atoms with E-state index in [1.54, 1.807) is 6.07 Å². The number of rotatable bonds is 4. The zero-order valence-electron chi connectivity index (χ0n) is 19.3. The highest BCUT2D eigenvalue weighted by atomic mass is 16.6. The van der Waals surface area contributed by atoms with Gasteiger partial charge in [0.15, 0.2) is 17.3 Å². The minimum Gasteiger partial charge on any atom is -0.490 e. The van der Waals surface area contributed by atoms with E-state index in [9.17, 15) is 9.59 Å². The average Bonchev–Trinajstić information content (AvgIpc) is 3.15. The molecule has 5 aromatic rings. The fraction of sp³-hybridized carbons (Fsp3) is 0.100. The number of aromatic nitrogens is 1. The van der Waals surface area contributed by atoms with E-state index in [0.717, 1.165) is 38.4 Å². The topological polar surface area (TPSA) is 65.5 Å². The van der Waals surface area contributed by atoms with Gasteiger partial charge in [-0.2, -0.15) is 0 Å².